The number of nitrogens with zero attached hydrogens (tertiary/aromatic N) is 5. The molecule has 5 rings (SSSR count). The summed E-state index contributed by atoms with van der Waals surface area (Å²) in [5.41, 5.74) is 12.5. The fraction of sp³-hybridized carbons (Fsp3) is 0.0476. The molecule has 2 N–H and O–H groups in total. The zero-order chi connectivity index (χ0) is 19.3. The number of halogens is 1. The number of aryl methyl sites for hydroxylation is 1. The van der Waals surface area contributed by atoms with E-state index in [2.05, 4.69) is 36.9 Å². The lowest BCUT2D eigenvalue weighted by atomic mass is 9.99. The van der Waals surface area contributed by atoms with E-state index in [1.165, 1.54) is 6.33 Å². The molecular weight excluding hydrogens is 416 g/mol. The first-order valence-corrected chi connectivity index (χ1v) is 9.48. The smallest absolute Gasteiger partial charge is 0.165 e. The topological polar surface area (TPSA) is 82.5 Å². The summed E-state index contributed by atoms with van der Waals surface area (Å²) in [7, 11) is 1.98. The highest BCUT2D eigenvalue weighted by Crippen LogP contribution is 2.35. The number of rotatable bonds is 2. The predicted molar refractivity (Wildman–Crippen MR) is 115 cm³/mol. The van der Waals surface area contributed by atoms with Crippen LogP contribution in [0, 0.1) is 0 Å². The van der Waals surface area contributed by atoms with Gasteiger partial charge in [0.05, 0.1) is 28.4 Å². The minimum Gasteiger partial charge on any atom is -0.383 e. The van der Waals surface area contributed by atoms with Gasteiger partial charge in [-0.15, -0.1) is 0 Å². The van der Waals surface area contributed by atoms with Crippen molar-refractivity contribution in [3.05, 3.63) is 65.7 Å². The number of pyridine rings is 1. The number of hydrogen-bond acceptors (Lipinski definition) is 5. The Labute approximate surface area is 169 Å². The van der Waals surface area contributed by atoms with Gasteiger partial charge >= 0.3 is 0 Å². The van der Waals surface area contributed by atoms with Crippen LogP contribution in [0.2, 0.25) is 0 Å². The molecule has 0 aliphatic heterocycles. The molecule has 28 heavy (non-hydrogen) atoms. The summed E-state index contributed by atoms with van der Waals surface area (Å²) in [6, 6.07) is 16.2. The molecular formula is C21H15BrN6. The van der Waals surface area contributed by atoms with Gasteiger partial charge in [0, 0.05) is 17.1 Å². The molecule has 136 valence electrons. The first-order valence-electron chi connectivity index (χ1n) is 8.69. The van der Waals surface area contributed by atoms with Gasteiger partial charge in [-0.05, 0) is 41.5 Å². The Bertz CT molecular complexity index is 1360. The second kappa shape index (κ2) is 6.38. The average molecular weight is 431 g/mol. The number of aromatic nitrogens is 5. The normalized spacial score (nSPS) is 11.4. The first kappa shape index (κ1) is 16.8. The third-order valence-electron chi connectivity index (χ3n) is 4.79. The number of anilines is 1. The molecule has 0 radical (unpaired) electrons. The standard InChI is InChI=1S/C21H15BrN6/c1-28-11-26-17-8-13(5-6-18(17)28)16-9-15(12-3-2-4-14(22)7-12)19-20(23)24-10-25-21(19)27-16/h2-11H,1H3,(H2,23,24,25,27). The monoisotopic (exact) mass is 430 g/mol. The van der Waals surface area contributed by atoms with E-state index in [-0.39, 0.29) is 0 Å². The van der Waals surface area contributed by atoms with Gasteiger partial charge in [0.1, 0.15) is 12.1 Å². The molecule has 0 saturated carbocycles. The maximum absolute atomic E-state index is 6.18. The van der Waals surface area contributed by atoms with E-state index in [1.54, 1.807) is 0 Å². The van der Waals surface area contributed by atoms with E-state index in [1.807, 2.05) is 60.4 Å². The van der Waals surface area contributed by atoms with Crippen LogP contribution in [-0.2, 0) is 7.05 Å². The third-order valence-corrected chi connectivity index (χ3v) is 5.28. The second-order valence-corrected chi connectivity index (χ2v) is 7.50. The summed E-state index contributed by atoms with van der Waals surface area (Å²) in [5, 5.41) is 0.753. The summed E-state index contributed by atoms with van der Waals surface area (Å²) < 4.78 is 2.98. The molecule has 0 spiro atoms. The molecule has 0 unspecified atom stereocenters. The minimum absolute atomic E-state index is 0.416. The van der Waals surface area contributed by atoms with E-state index in [0.717, 1.165) is 43.3 Å². The molecule has 0 atom stereocenters. The van der Waals surface area contributed by atoms with Crippen LogP contribution in [0.15, 0.2) is 65.7 Å². The lowest BCUT2D eigenvalue weighted by Gasteiger charge is -2.11. The maximum atomic E-state index is 6.18. The van der Waals surface area contributed by atoms with Gasteiger partial charge in [0.25, 0.3) is 0 Å². The fourth-order valence-corrected chi connectivity index (χ4v) is 3.81. The van der Waals surface area contributed by atoms with Gasteiger partial charge in [-0.25, -0.2) is 19.9 Å². The number of imidazole rings is 1. The average Bonchev–Trinajstić information content (AvgIpc) is 3.07. The summed E-state index contributed by atoms with van der Waals surface area (Å²) in [4.78, 5) is 17.7. The van der Waals surface area contributed by atoms with Gasteiger partial charge in [0.2, 0.25) is 0 Å². The maximum Gasteiger partial charge on any atom is 0.165 e. The summed E-state index contributed by atoms with van der Waals surface area (Å²) in [5.74, 6) is 0.416. The molecule has 0 bridgehead atoms. The molecule has 3 aromatic heterocycles. The Balaban J connectivity index is 1.80. The van der Waals surface area contributed by atoms with Crippen LogP contribution in [0.5, 0.6) is 0 Å². The van der Waals surface area contributed by atoms with Crippen molar-refractivity contribution < 1.29 is 0 Å². The van der Waals surface area contributed by atoms with E-state index in [9.17, 15) is 0 Å². The lowest BCUT2D eigenvalue weighted by Crippen LogP contribution is -1.98. The van der Waals surface area contributed by atoms with Crippen LogP contribution >= 0.6 is 15.9 Å². The van der Waals surface area contributed by atoms with Gasteiger partial charge < -0.3 is 10.3 Å². The van der Waals surface area contributed by atoms with E-state index in [4.69, 9.17) is 10.7 Å². The van der Waals surface area contributed by atoms with E-state index in [0.29, 0.717) is 11.5 Å². The first-order chi connectivity index (χ1) is 13.6. The summed E-state index contributed by atoms with van der Waals surface area (Å²) >= 11 is 3.55. The Hall–Kier alpha value is -3.32. The molecule has 2 aromatic carbocycles. The summed E-state index contributed by atoms with van der Waals surface area (Å²) in [6.45, 7) is 0. The van der Waals surface area contributed by atoms with Gasteiger partial charge in [-0.1, -0.05) is 34.1 Å². The summed E-state index contributed by atoms with van der Waals surface area (Å²) in [6.07, 6.45) is 3.25. The number of fused-ring (bicyclic) bond motifs is 2. The molecule has 0 fully saturated rings. The van der Waals surface area contributed by atoms with Crippen LogP contribution in [0.1, 0.15) is 0 Å². The highest BCUT2D eigenvalue weighted by atomic mass is 79.9. The Morgan fingerprint density at radius 1 is 0.964 bits per heavy atom. The third kappa shape index (κ3) is 2.71. The van der Waals surface area contributed by atoms with Crippen molar-refractivity contribution in [1.29, 1.82) is 0 Å². The van der Waals surface area contributed by atoms with Crippen molar-refractivity contribution in [1.82, 2.24) is 24.5 Å². The van der Waals surface area contributed by atoms with Crippen LogP contribution in [0.25, 0.3) is 44.5 Å². The van der Waals surface area contributed by atoms with Gasteiger partial charge in [-0.3, -0.25) is 0 Å². The van der Waals surface area contributed by atoms with Crippen molar-refractivity contribution in [3.63, 3.8) is 0 Å². The zero-order valence-corrected chi connectivity index (χ0v) is 16.6. The lowest BCUT2D eigenvalue weighted by molar-refractivity contribution is 0.948. The van der Waals surface area contributed by atoms with Crippen LogP contribution < -0.4 is 5.73 Å². The number of nitrogen functional groups attached to an aromatic ring is 1. The van der Waals surface area contributed by atoms with Crippen LogP contribution in [-0.4, -0.2) is 24.5 Å². The molecule has 0 amide bonds. The van der Waals surface area contributed by atoms with E-state index < -0.39 is 0 Å². The van der Waals surface area contributed by atoms with Crippen LogP contribution in [0.3, 0.4) is 0 Å². The predicted octanol–water partition coefficient (Wildman–Crippen LogP) is 4.59. The number of hydrogen-bond donors (Lipinski definition) is 1. The molecule has 7 heteroatoms. The molecule has 0 saturated heterocycles. The highest BCUT2D eigenvalue weighted by Gasteiger charge is 2.14. The quantitative estimate of drug-likeness (QED) is 0.442. The van der Waals surface area contributed by atoms with Crippen molar-refractivity contribution in [2.45, 2.75) is 0 Å². The number of nitrogens with two attached hydrogens (primary N) is 1. The van der Waals surface area contributed by atoms with Crippen molar-refractivity contribution in [2.24, 2.45) is 7.05 Å². The van der Waals surface area contributed by atoms with Gasteiger partial charge in [-0.2, -0.15) is 0 Å². The number of benzene rings is 2. The Morgan fingerprint density at radius 3 is 2.71 bits per heavy atom. The SMILES string of the molecule is Cn1cnc2cc(-c3cc(-c4cccc(Br)c4)c4c(N)ncnc4n3)ccc21. The zero-order valence-electron chi connectivity index (χ0n) is 15.0. The molecule has 0 aliphatic rings. The molecule has 0 aliphatic carbocycles. The van der Waals surface area contributed by atoms with Crippen molar-refractivity contribution in [3.8, 4) is 22.4 Å². The largest absolute Gasteiger partial charge is 0.383 e. The van der Waals surface area contributed by atoms with Gasteiger partial charge in [0.15, 0.2) is 5.65 Å². The van der Waals surface area contributed by atoms with Crippen molar-refractivity contribution >= 4 is 43.8 Å². The Kier molecular flexibility index (Phi) is 3.84. The van der Waals surface area contributed by atoms with Crippen molar-refractivity contribution in [2.75, 3.05) is 5.73 Å². The molecule has 3 heterocycles. The highest BCUT2D eigenvalue weighted by molar-refractivity contribution is 9.10. The van der Waals surface area contributed by atoms with Crippen LogP contribution in [0.4, 0.5) is 5.82 Å². The second-order valence-electron chi connectivity index (χ2n) is 6.58. The minimum atomic E-state index is 0.416. The molecule has 6 nitrogen and oxygen atoms in total. The Morgan fingerprint density at radius 2 is 1.86 bits per heavy atom. The van der Waals surface area contributed by atoms with E-state index >= 15 is 0 Å². The fourth-order valence-electron chi connectivity index (χ4n) is 3.41. The molecule has 5 aromatic rings.